The molecule has 112 valence electrons. The Bertz CT molecular complexity index is 281. The average Bonchev–Trinajstić information content (AvgIpc) is 2.33. The van der Waals surface area contributed by atoms with Crippen LogP contribution < -0.4 is 11.1 Å². The maximum atomic E-state index is 11.3. The van der Waals surface area contributed by atoms with Crippen molar-refractivity contribution in [3.8, 4) is 0 Å². The van der Waals surface area contributed by atoms with Crippen molar-refractivity contribution in [2.45, 2.75) is 59.1 Å². The molecule has 0 heterocycles. The van der Waals surface area contributed by atoms with Crippen molar-refractivity contribution in [2.24, 2.45) is 23.5 Å². The van der Waals surface area contributed by atoms with E-state index in [-0.39, 0.29) is 18.1 Å². The van der Waals surface area contributed by atoms with E-state index >= 15 is 0 Å². The summed E-state index contributed by atoms with van der Waals surface area (Å²) in [6.07, 6.45) is 3.88. The number of hydrogen-bond donors (Lipinski definition) is 2. The van der Waals surface area contributed by atoms with Crippen molar-refractivity contribution in [1.29, 1.82) is 0 Å². The minimum atomic E-state index is -0.366. The summed E-state index contributed by atoms with van der Waals surface area (Å²) in [7, 11) is 0. The number of primary amides is 1. The van der Waals surface area contributed by atoms with Gasteiger partial charge in [-0.2, -0.15) is 0 Å². The van der Waals surface area contributed by atoms with Gasteiger partial charge in [0.25, 0.3) is 0 Å². The third-order valence-electron chi connectivity index (χ3n) is 4.23. The molecular formula is C15H30N2O2. The predicted octanol–water partition coefficient (Wildman–Crippen LogP) is 1.93. The first-order valence-corrected chi connectivity index (χ1v) is 7.60. The van der Waals surface area contributed by atoms with Crippen LogP contribution in [-0.4, -0.2) is 31.2 Å². The minimum absolute atomic E-state index is 0.268. The second kappa shape index (κ2) is 7.85. The van der Waals surface area contributed by atoms with Crippen LogP contribution in [0.4, 0.5) is 0 Å². The Morgan fingerprint density at radius 2 is 2.11 bits per heavy atom. The van der Waals surface area contributed by atoms with Crippen LogP contribution in [0.1, 0.15) is 47.0 Å². The summed E-state index contributed by atoms with van der Waals surface area (Å²) < 4.78 is 6.04. The summed E-state index contributed by atoms with van der Waals surface area (Å²) >= 11 is 0. The lowest BCUT2D eigenvalue weighted by molar-refractivity contribution is -0.123. The highest BCUT2D eigenvalue weighted by Gasteiger charge is 2.32. The van der Waals surface area contributed by atoms with Gasteiger partial charge in [0.2, 0.25) is 5.91 Å². The van der Waals surface area contributed by atoms with Gasteiger partial charge in [0.15, 0.2) is 0 Å². The molecule has 1 saturated carbocycles. The van der Waals surface area contributed by atoms with E-state index in [1.54, 1.807) is 0 Å². The normalized spacial score (nSPS) is 29.4. The number of likely N-dealkylation sites (N-methyl/N-ethyl adjacent to an activating group) is 1. The number of nitrogens with two attached hydrogens (primary N) is 1. The molecule has 4 unspecified atom stereocenters. The summed E-state index contributed by atoms with van der Waals surface area (Å²) in [5, 5.41) is 3.08. The Morgan fingerprint density at radius 1 is 1.42 bits per heavy atom. The molecule has 0 saturated heterocycles. The van der Waals surface area contributed by atoms with Gasteiger partial charge in [0.1, 0.15) is 6.04 Å². The molecule has 19 heavy (non-hydrogen) atoms. The molecule has 0 spiro atoms. The molecule has 0 aliphatic heterocycles. The number of carbonyl (C=O) groups is 1. The highest BCUT2D eigenvalue weighted by Crippen LogP contribution is 2.35. The molecule has 1 aliphatic rings. The zero-order valence-corrected chi connectivity index (χ0v) is 12.8. The van der Waals surface area contributed by atoms with E-state index in [4.69, 9.17) is 10.5 Å². The van der Waals surface area contributed by atoms with Gasteiger partial charge in [-0.1, -0.05) is 34.1 Å². The van der Waals surface area contributed by atoms with Crippen molar-refractivity contribution in [3.05, 3.63) is 0 Å². The van der Waals surface area contributed by atoms with Gasteiger partial charge in [-0.3, -0.25) is 4.79 Å². The fraction of sp³-hybridized carbons (Fsp3) is 0.933. The Hall–Kier alpha value is -0.610. The van der Waals surface area contributed by atoms with Crippen LogP contribution >= 0.6 is 0 Å². The van der Waals surface area contributed by atoms with Crippen molar-refractivity contribution >= 4 is 5.91 Å². The Balaban J connectivity index is 2.53. The second-order valence-corrected chi connectivity index (χ2v) is 6.21. The Labute approximate surface area is 117 Å². The van der Waals surface area contributed by atoms with E-state index in [1.807, 2.05) is 6.92 Å². The molecular weight excluding hydrogens is 240 g/mol. The van der Waals surface area contributed by atoms with Crippen LogP contribution in [0, 0.1) is 17.8 Å². The summed E-state index contributed by atoms with van der Waals surface area (Å²) in [6.45, 7) is 9.88. The van der Waals surface area contributed by atoms with Gasteiger partial charge in [0.05, 0.1) is 12.7 Å². The topological polar surface area (TPSA) is 64.3 Å². The Morgan fingerprint density at radius 3 is 2.63 bits per heavy atom. The average molecular weight is 270 g/mol. The second-order valence-electron chi connectivity index (χ2n) is 6.21. The zero-order chi connectivity index (χ0) is 14.4. The summed E-state index contributed by atoms with van der Waals surface area (Å²) in [5.74, 6) is 1.62. The molecule has 0 aromatic rings. The fourth-order valence-corrected chi connectivity index (χ4v) is 3.01. The number of nitrogens with one attached hydrogen (secondary N) is 1. The van der Waals surface area contributed by atoms with Gasteiger partial charge in [-0.15, -0.1) is 0 Å². The largest absolute Gasteiger partial charge is 0.376 e. The van der Waals surface area contributed by atoms with E-state index in [0.717, 1.165) is 13.0 Å². The molecule has 0 bridgehead atoms. The quantitative estimate of drug-likeness (QED) is 0.743. The molecule has 4 atom stereocenters. The first-order chi connectivity index (χ1) is 8.95. The maximum absolute atomic E-state index is 11.3. The summed E-state index contributed by atoms with van der Waals surface area (Å²) in [6, 6.07) is -0.366. The van der Waals surface area contributed by atoms with Crippen LogP contribution in [0.2, 0.25) is 0 Å². The number of rotatable bonds is 7. The zero-order valence-electron chi connectivity index (χ0n) is 12.8. The molecule has 1 fully saturated rings. The van der Waals surface area contributed by atoms with E-state index in [2.05, 4.69) is 26.1 Å². The van der Waals surface area contributed by atoms with Gasteiger partial charge in [0, 0.05) is 0 Å². The lowest BCUT2D eigenvalue weighted by Gasteiger charge is -2.37. The third kappa shape index (κ3) is 5.11. The van der Waals surface area contributed by atoms with Crippen LogP contribution in [-0.2, 0) is 9.53 Å². The highest BCUT2D eigenvalue weighted by molar-refractivity contribution is 5.79. The number of amides is 1. The minimum Gasteiger partial charge on any atom is -0.376 e. The van der Waals surface area contributed by atoms with Crippen molar-refractivity contribution in [3.63, 3.8) is 0 Å². The number of hydrogen-bond acceptors (Lipinski definition) is 3. The highest BCUT2D eigenvalue weighted by atomic mass is 16.5. The van der Waals surface area contributed by atoms with Crippen LogP contribution in [0.15, 0.2) is 0 Å². The lowest BCUT2D eigenvalue weighted by atomic mass is 9.75. The Kier molecular flexibility index (Phi) is 6.80. The van der Waals surface area contributed by atoms with Crippen molar-refractivity contribution < 1.29 is 9.53 Å². The SMILES string of the molecule is CCNC(COC1CC(C)CCC1C(C)C)C(N)=O. The van der Waals surface area contributed by atoms with E-state index < -0.39 is 0 Å². The lowest BCUT2D eigenvalue weighted by Crippen LogP contribution is -2.46. The van der Waals surface area contributed by atoms with Crippen molar-refractivity contribution in [2.75, 3.05) is 13.2 Å². The summed E-state index contributed by atoms with van der Waals surface area (Å²) in [5.41, 5.74) is 5.38. The smallest absolute Gasteiger partial charge is 0.236 e. The van der Waals surface area contributed by atoms with Crippen LogP contribution in [0.5, 0.6) is 0 Å². The maximum Gasteiger partial charge on any atom is 0.236 e. The standard InChI is InChI=1S/C15H30N2O2/c1-5-17-13(15(16)18)9-19-14-8-11(4)6-7-12(14)10(2)3/h10-14,17H,5-9H2,1-4H3,(H2,16,18). The van der Waals surface area contributed by atoms with E-state index in [0.29, 0.717) is 24.4 Å². The van der Waals surface area contributed by atoms with Crippen molar-refractivity contribution in [1.82, 2.24) is 5.32 Å². The predicted molar refractivity (Wildman–Crippen MR) is 77.7 cm³/mol. The number of ether oxygens (including phenoxy) is 1. The molecule has 3 N–H and O–H groups in total. The fourth-order valence-electron chi connectivity index (χ4n) is 3.01. The molecule has 1 amide bonds. The van der Waals surface area contributed by atoms with E-state index in [1.165, 1.54) is 12.8 Å². The van der Waals surface area contributed by atoms with Gasteiger partial charge in [-0.25, -0.2) is 0 Å². The molecule has 0 aromatic carbocycles. The molecule has 1 aliphatic carbocycles. The van der Waals surface area contributed by atoms with Crippen LogP contribution in [0.25, 0.3) is 0 Å². The first-order valence-electron chi connectivity index (χ1n) is 7.60. The molecule has 0 aromatic heterocycles. The molecule has 4 heteroatoms. The van der Waals surface area contributed by atoms with E-state index in [9.17, 15) is 4.79 Å². The molecule has 1 rings (SSSR count). The molecule has 0 radical (unpaired) electrons. The van der Waals surface area contributed by atoms with Gasteiger partial charge >= 0.3 is 0 Å². The van der Waals surface area contributed by atoms with Gasteiger partial charge in [-0.05, 0) is 37.1 Å². The first kappa shape index (κ1) is 16.4. The monoisotopic (exact) mass is 270 g/mol. The third-order valence-corrected chi connectivity index (χ3v) is 4.23. The summed E-state index contributed by atoms with van der Waals surface area (Å²) in [4.78, 5) is 11.3. The molecule has 4 nitrogen and oxygen atoms in total. The van der Waals surface area contributed by atoms with Gasteiger partial charge < -0.3 is 15.8 Å². The number of carbonyl (C=O) groups excluding carboxylic acids is 1. The van der Waals surface area contributed by atoms with Crippen LogP contribution in [0.3, 0.4) is 0 Å².